The highest BCUT2D eigenvalue weighted by Crippen LogP contribution is 2.21. The average molecular weight is 382 g/mol. The molecule has 25 heavy (non-hydrogen) atoms. The van der Waals surface area contributed by atoms with Gasteiger partial charge in [-0.3, -0.25) is 0 Å². The zero-order valence-corrected chi connectivity index (χ0v) is 15.6. The number of carbonyl (C=O) groups excluding carboxylic acids is 1. The van der Waals surface area contributed by atoms with Gasteiger partial charge in [0.1, 0.15) is 0 Å². The number of halogens is 1. The molecule has 5 nitrogen and oxygen atoms in total. The van der Waals surface area contributed by atoms with E-state index >= 15 is 0 Å². The average Bonchev–Trinajstić information content (AvgIpc) is 2.60. The van der Waals surface area contributed by atoms with Crippen LogP contribution in [0.1, 0.15) is 29.3 Å². The molecule has 134 valence electrons. The number of hydrogen-bond acceptors (Lipinski definition) is 4. The number of aryl methyl sites for hydroxylation is 1. The molecular formula is C18H20ClNO4S. The zero-order chi connectivity index (χ0) is 18.4. The lowest BCUT2D eigenvalue weighted by atomic mass is 10.1. The standard InChI is InChI=1S/C18H20ClNO4S/c1-13(8-9-14-6-4-3-5-7-14)20-25(22,23)15-10-11-17(19)16(12-15)18(21)24-2/h3-7,10-13,20H,8-9H2,1-2H3/t13-/m1/s1. The van der Waals surface area contributed by atoms with Crippen LogP contribution in [0, 0.1) is 0 Å². The molecule has 0 radical (unpaired) electrons. The van der Waals surface area contributed by atoms with Crippen LogP contribution in [0.2, 0.25) is 5.02 Å². The summed E-state index contributed by atoms with van der Waals surface area (Å²) >= 11 is 5.93. The number of sulfonamides is 1. The van der Waals surface area contributed by atoms with Crippen LogP contribution in [0.5, 0.6) is 0 Å². The van der Waals surface area contributed by atoms with Gasteiger partial charge in [-0.15, -0.1) is 0 Å². The Morgan fingerprint density at radius 1 is 1.20 bits per heavy atom. The first kappa shape index (κ1) is 19.4. The van der Waals surface area contributed by atoms with Crippen LogP contribution in [-0.2, 0) is 21.2 Å². The van der Waals surface area contributed by atoms with Crippen molar-refractivity contribution in [3.63, 3.8) is 0 Å². The molecule has 0 aliphatic rings. The minimum absolute atomic E-state index is 0.0176. The summed E-state index contributed by atoms with van der Waals surface area (Å²) in [5.41, 5.74) is 1.16. The van der Waals surface area contributed by atoms with Crippen LogP contribution in [0.3, 0.4) is 0 Å². The number of benzene rings is 2. The molecule has 2 rings (SSSR count). The molecule has 0 unspecified atom stereocenters. The smallest absolute Gasteiger partial charge is 0.339 e. The lowest BCUT2D eigenvalue weighted by Gasteiger charge is -2.15. The Hall–Kier alpha value is -1.89. The largest absolute Gasteiger partial charge is 0.465 e. The first-order chi connectivity index (χ1) is 11.8. The van der Waals surface area contributed by atoms with Crippen molar-refractivity contribution in [2.24, 2.45) is 0 Å². The van der Waals surface area contributed by atoms with Crippen LogP contribution < -0.4 is 4.72 Å². The number of esters is 1. The van der Waals surface area contributed by atoms with E-state index in [0.717, 1.165) is 12.0 Å². The maximum absolute atomic E-state index is 12.5. The Morgan fingerprint density at radius 2 is 1.88 bits per heavy atom. The second-order valence-corrected chi connectivity index (χ2v) is 7.80. The molecule has 0 spiro atoms. The van der Waals surface area contributed by atoms with Gasteiger partial charge in [0.15, 0.2) is 0 Å². The molecule has 1 atom stereocenters. The molecule has 0 aliphatic carbocycles. The van der Waals surface area contributed by atoms with Crippen LogP contribution in [0.25, 0.3) is 0 Å². The van der Waals surface area contributed by atoms with Gasteiger partial charge in [-0.25, -0.2) is 17.9 Å². The maximum Gasteiger partial charge on any atom is 0.339 e. The van der Waals surface area contributed by atoms with Gasteiger partial charge in [-0.2, -0.15) is 0 Å². The number of hydrogen-bond donors (Lipinski definition) is 1. The minimum Gasteiger partial charge on any atom is -0.465 e. The second-order valence-electron chi connectivity index (χ2n) is 5.68. The Morgan fingerprint density at radius 3 is 2.52 bits per heavy atom. The van der Waals surface area contributed by atoms with Gasteiger partial charge in [0, 0.05) is 6.04 Å². The van der Waals surface area contributed by atoms with E-state index in [4.69, 9.17) is 11.6 Å². The maximum atomic E-state index is 12.5. The lowest BCUT2D eigenvalue weighted by Crippen LogP contribution is -2.33. The van der Waals surface area contributed by atoms with E-state index in [-0.39, 0.29) is 21.5 Å². The highest BCUT2D eigenvalue weighted by Gasteiger charge is 2.21. The van der Waals surface area contributed by atoms with Crippen molar-refractivity contribution in [1.29, 1.82) is 0 Å². The highest BCUT2D eigenvalue weighted by atomic mass is 35.5. The topological polar surface area (TPSA) is 72.5 Å². The number of carbonyl (C=O) groups is 1. The Kier molecular flexibility index (Phi) is 6.58. The van der Waals surface area contributed by atoms with Crippen molar-refractivity contribution < 1.29 is 17.9 Å². The molecule has 0 heterocycles. The second kappa shape index (κ2) is 8.47. The quantitative estimate of drug-likeness (QED) is 0.746. The van der Waals surface area contributed by atoms with E-state index in [1.165, 1.54) is 25.3 Å². The van der Waals surface area contributed by atoms with E-state index in [2.05, 4.69) is 9.46 Å². The number of ether oxygens (including phenoxy) is 1. The van der Waals surface area contributed by atoms with E-state index in [9.17, 15) is 13.2 Å². The molecule has 2 aromatic carbocycles. The van der Waals surface area contributed by atoms with E-state index < -0.39 is 16.0 Å². The van der Waals surface area contributed by atoms with Crippen molar-refractivity contribution in [3.05, 3.63) is 64.7 Å². The van der Waals surface area contributed by atoms with Gasteiger partial charge >= 0.3 is 5.97 Å². The van der Waals surface area contributed by atoms with E-state index in [0.29, 0.717) is 6.42 Å². The van der Waals surface area contributed by atoms with Crippen LogP contribution in [0.15, 0.2) is 53.4 Å². The highest BCUT2D eigenvalue weighted by molar-refractivity contribution is 7.89. The van der Waals surface area contributed by atoms with Gasteiger partial charge in [0.05, 0.1) is 22.6 Å². The van der Waals surface area contributed by atoms with E-state index in [1.807, 2.05) is 30.3 Å². The molecule has 7 heteroatoms. The lowest BCUT2D eigenvalue weighted by molar-refractivity contribution is 0.0600. The summed E-state index contributed by atoms with van der Waals surface area (Å²) in [5, 5.41) is 0.142. The molecule has 0 saturated heterocycles. The van der Waals surface area contributed by atoms with Gasteiger partial charge in [-0.1, -0.05) is 41.9 Å². The molecule has 1 N–H and O–H groups in total. The van der Waals surface area contributed by atoms with Crippen LogP contribution in [0.4, 0.5) is 0 Å². The number of methoxy groups -OCH3 is 1. The van der Waals surface area contributed by atoms with Gasteiger partial charge in [-0.05, 0) is 43.5 Å². The third kappa shape index (κ3) is 5.29. The van der Waals surface area contributed by atoms with Crippen molar-refractivity contribution in [1.82, 2.24) is 4.72 Å². The summed E-state index contributed by atoms with van der Waals surface area (Å²) in [4.78, 5) is 11.6. The number of rotatable bonds is 7. The molecule has 2 aromatic rings. The Bertz CT molecular complexity index is 837. The first-order valence-electron chi connectivity index (χ1n) is 7.77. The Balaban J connectivity index is 2.09. The molecule has 0 bridgehead atoms. The summed E-state index contributed by atoms with van der Waals surface area (Å²) in [5.74, 6) is -0.681. The zero-order valence-electron chi connectivity index (χ0n) is 14.0. The SMILES string of the molecule is COC(=O)c1cc(S(=O)(=O)N[C@H](C)CCc2ccccc2)ccc1Cl. The Labute approximate surface area is 153 Å². The summed E-state index contributed by atoms with van der Waals surface area (Å²) in [6.45, 7) is 1.80. The molecule has 0 saturated carbocycles. The minimum atomic E-state index is -3.76. The summed E-state index contributed by atoms with van der Waals surface area (Å²) in [7, 11) is -2.55. The molecule has 0 aromatic heterocycles. The predicted octanol–water partition coefficient (Wildman–Crippen LogP) is 3.43. The van der Waals surface area contributed by atoms with Crippen LogP contribution >= 0.6 is 11.6 Å². The fraction of sp³-hybridized carbons (Fsp3) is 0.278. The van der Waals surface area contributed by atoms with Gasteiger partial charge < -0.3 is 4.74 Å². The summed E-state index contributed by atoms with van der Waals surface area (Å²) < 4.78 is 32.3. The molecule has 0 aliphatic heterocycles. The predicted molar refractivity (Wildman–Crippen MR) is 97.3 cm³/mol. The number of nitrogens with one attached hydrogen (secondary N) is 1. The van der Waals surface area contributed by atoms with Crippen LogP contribution in [-0.4, -0.2) is 27.5 Å². The van der Waals surface area contributed by atoms with Crippen molar-refractivity contribution >= 4 is 27.6 Å². The molecular weight excluding hydrogens is 362 g/mol. The van der Waals surface area contributed by atoms with E-state index in [1.54, 1.807) is 6.92 Å². The third-order valence-corrected chi connectivity index (χ3v) is 5.64. The summed E-state index contributed by atoms with van der Waals surface area (Å²) in [6.07, 6.45) is 1.42. The van der Waals surface area contributed by atoms with Gasteiger partial charge in [0.25, 0.3) is 0 Å². The molecule has 0 amide bonds. The summed E-state index contributed by atoms with van der Waals surface area (Å²) in [6, 6.07) is 13.5. The molecule has 0 fully saturated rings. The third-order valence-electron chi connectivity index (χ3n) is 3.72. The van der Waals surface area contributed by atoms with Crippen molar-refractivity contribution in [2.75, 3.05) is 7.11 Å². The fourth-order valence-electron chi connectivity index (χ4n) is 2.36. The fourth-order valence-corrected chi connectivity index (χ4v) is 3.86. The van der Waals surface area contributed by atoms with Crippen molar-refractivity contribution in [3.8, 4) is 0 Å². The monoisotopic (exact) mass is 381 g/mol. The first-order valence-corrected chi connectivity index (χ1v) is 9.63. The van der Waals surface area contributed by atoms with Gasteiger partial charge in [0.2, 0.25) is 10.0 Å². The van der Waals surface area contributed by atoms with Crippen molar-refractivity contribution in [2.45, 2.75) is 30.7 Å². The normalized spacial score (nSPS) is 12.6.